The molecule has 2 heterocycles. The molecule has 18 heavy (non-hydrogen) atoms. The number of carbonyl (C=O) groups is 1. The van der Waals surface area contributed by atoms with Gasteiger partial charge in [-0.25, -0.2) is 14.8 Å². The average Bonchev–Trinajstić information content (AvgIpc) is 2.28. The lowest BCUT2D eigenvalue weighted by molar-refractivity contribution is 0.0348. The van der Waals surface area contributed by atoms with E-state index in [1.165, 1.54) is 6.07 Å². The third-order valence-electron chi connectivity index (χ3n) is 3.18. The second-order valence-electron chi connectivity index (χ2n) is 4.98. The molecular weight excluding hydrogens is 234 g/mol. The third kappa shape index (κ3) is 2.76. The zero-order valence-electron chi connectivity index (χ0n) is 10.6. The van der Waals surface area contributed by atoms with E-state index in [-0.39, 0.29) is 5.69 Å². The average molecular weight is 251 g/mol. The molecule has 0 spiro atoms. The normalized spacial score (nSPS) is 18.7. The van der Waals surface area contributed by atoms with Gasteiger partial charge in [0.25, 0.3) is 0 Å². The predicted octanol–water partition coefficient (Wildman–Crippen LogP) is 0.834. The summed E-state index contributed by atoms with van der Waals surface area (Å²) in [5.74, 6) is -0.617. The van der Waals surface area contributed by atoms with Crippen LogP contribution in [-0.2, 0) is 0 Å². The van der Waals surface area contributed by atoms with Gasteiger partial charge in [0, 0.05) is 18.8 Å². The molecule has 0 atom stereocenters. The molecule has 1 fully saturated rings. The number of aromatic nitrogens is 2. The molecule has 1 saturated heterocycles. The van der Waals surface area contributed by atoms with Crippen molar-refractivity contribution in [3.05, 3.63) is 17.5 Å². The van der Waals surface area contributed by atoms with E-state index in [0.29, 0.717) is 37.6 Å². The molecule has 0 aromatic carbocycles. The Labute approximate surface area is 105 Å². The van der Waals surface area contributed by atoms with Crippen molar-refractivity contribution in [1.82, 2.24) is 9.97 Å². The summed E-state index contributed by atoms with van der Waals surface area (Å²) in [7, 11) is 0. The summed E-state index contributed by atoms with van der Waals surface area (Å²) in [4.78, 5) is 21.2. The summed E-state index contributed by atoms with van der Waals surface area (Å²) in [5.41, 5.74) is 0.000214. The molecule has 0 unspecified atom stereocenters. The molecule has 2 N–H and O–H groups in total. The van der Waals surface area contributed by atoms with Crippen molar-refractivity contribution in [3.63, 3.8) is 0 Å². The molecule has 6 nitrogen and oxygen atoms in total. The van der Waals surface area contributed by atoms with Crippen LogP contribution in [0.15, 0.2) is 6.07 Å². The molecule has 0 radical (unpaired) electrons. The van der Waals surface area contributed by atoms with Gasteiger partial charge in [0.2, 0.25) is 5.95 Å². The Balaban J connectivity index is 2.21. The van der Waals surface area contributed by atoms with Crippen LogP contribution in [0, 0.1) is 6.92 Å². The van der Waals surface area contributed by atoms with Gasteiger partial charge in [-0.1, -0.05) is 0 Å². The van der Waals surface area contributed by atoms with Crippen LogP contribution in [0.5, 0.6) is 0 Å². The smallest absolute Gasteiger partial charge is 0.354 e. The molecule has 2 rings (SSSR count). The van der Waals surface area contributed by atoms with Crippen molar-refractivity contribution in [1.29, 1.82) is 0 Å². The number of aromatic carboxylic acids is 1. The van der Waals surface area contributed by atoms with Crippen LogP contribution in [0.25, 0.3) is 0 Å². The molecule has 1 aliphatic heterocycles. The minimum absolute atomic E-state index is 0.00911. The number of carboxylic acids is 1. The first kappa shape index (κ1) is 12.8. The number of aliphatic hydroxyl groups is 1. The highest BCUT2D eigenvalue weighted by Crippen LogP contribution is 2.24. The van der Waals surface area contributed by atoms with Gasteiger partial charge in [-0.2, -0.15) is 0 Å². The second kappa shape index (κ2) is 4.53. The monoisotopic (exact) mass is 251 g/mol. The number of rotatable bonds is 2. The minimum atomic E-state index is -1.05. The van der Waals surface area contributed by atoms with Gasteiger partial charge in [0.05, 0.1) is 5.60 Å². The zero-order valence-corrected chi connectivity index (χ0v) is 10.6. The number of anilines is 1. The van der Waals surface area contributed by atoms with E-state index < -0.39 is 11.6 Å². The van der Waals surface area contributed by atoms with E-state index in [4.69, 9.17) is 5.11 Å². The molecule has 0 amide bonds. The fourth-order valence-electron chi connectivity index (χ4n) is 1.99. The Kier molecular flexibility index (Phi) is 3.21. The number of piperidine rings is 1. The molecular formula is C12H17N3O3. The van der Waals surface area contributed by atoms with Crippen molar-refractivity contribution < 1.29 is 15.0 Å². The summed E-state index contributed by atoms with van der Waals surface area (Å²) < 4.78 is 0. The number of hydrogen-bond acceptors (Lipinski definition) is 5. The standard InChI is InChI=1S/C12H17N3O3/c1-8-7-9(10(16)17)14-11(13-8)15-5-3-12(2,18)4-6-15/h7,18H,3-6H2,1-2H3,(H,16,17). The summed E-state index contributed by atoms with van der Waals surface area (Å²) in [6.45, 7) is 4.83. The van der Waals surface area contributed by atoms with Gasteiger partial charge in [0.15, 0.2) is 5.69 Å². The highest BCUT2D eigenvalue weighted by atomic mass is 16.4. The Morgan fingerprint density at radius 2 is 2.00 bits per heavy atom. The van der Waals surface area contributed by atoms with E-state index in [1.807, 2.05) is 11.8 Å². The first-order valence-electron chi connectivity index (χ1n) is 5.94. The van der Waals surface area contributed by atoms with Gasteiger partial charge < -0.3 is 15.1 Å². The Hall–Kier alpha value is -1.69. The molecule has 1 aromatic rings. The number of hydrogen-bond donors (Lipinski definition) is 2. The molecule has 1 aliphatic rings. The number of aryl methyl sites for hydroxylation is 1. The van der Waals surface area contributed by atoms with Gasteiger partial charge in [-0.3, -0.25) is 0 Å². The largest absolute Gasteiger partial charge is 0.477 e. The van der Waals surface area contributed by atoms with Crippen LogP contribution in [0.3, 0.4) is 0 Å². The molecule has 0 saturated carbocycles. The highest BCUT2D eigenvalue weighted by molar-refractivity contribution is 5.85. The van der Waals surface area contributed by atoms with Gasteiger partial charge in [0.1, 0.15) is 0 Å². The van der Waals surface area contributed by atoms with Crippen LogP contribution >= 0.6 is 0 Å². The lowest BCUT2D eigenvalue weighted by Gasteiger charge is -2.35. The van der Waals surface area contributed by atoms with Crippen LogP contribution in [0.4, 0.5) is 5.95 Å². The third-order valence-corrected chi connectivity index (χ3v) is 3.18. The topological polar surface area (TPSA) is 86.5 Å². The van der Waals surface area contributed by atoms with E-state index in [2.05, 4.69) is 9.97 Å². The van der Waals surface area contributed by atoms with Crippen LogP contribution in [-0.4, -0.2) is 44.8 Å². The fraction of sp³-hybridized carbons (Fsp3) is 0.583. The van der Waals surface area contributed by atoms with E-state index in [1.54, 1.807) is 6.92 Å². The first-order chi connectivity index (χ1) is 8.37. The SMILES string of the molecule is Cc1cc(C(=O)O)nc(N2CCC(C)(O)CC2)n1. The van der Waals surface area contributed by atoms with Gasteiger partial charge in [-0.05, 0) is 32.8 Å². The Bertz CT molecular complexity index is 464. The molecule has 1 aromatic heterocycles. The van der Waals surface area contributed by atoms with E-state index >= 15 is 0 Å². The summed E-state index contributed by atoms with van der Waals surface area (Å²) in [6.07, 6.45) is 1.26. The Morgan fingerprint density at radius 3 is 2.56 bits per heavy atom. The summed E-state index contributed by atoms with van der Waals surface area (Å²) in [6, 6.07) is 1.45. The van der Waals surface area contributed by atoms with Gasteiger partial charge >= 0.3 is 5.97 Å². The zero-order chi connectivity index (χ0) is 13.3. The second-order valence-corrected chi connectivity index (χ2v) is 4.98. The maximum absolute atomic E-state index is 10.9. The Morgan fingerprint density at radius 1 is 1.39 bits per heavy atom. The number of nitrogens with zero attached hydrogens (tertiary/aromatic N) is 3. The van der Waals surface area contributed by atoms with Crippen molar-refractivity contribution >= 4 is 11.9 Å². The molecule has 98 valence electrons. The van der Waals surface area contributed by atoms with Crippen molar-refractivity contribution in [2.45, 2.75) is 32.3 Å². The summed E-state index contributed by atoms with van der Waals surface area (Å²) in [5, 5.41) is 18.8. The maximum Gasteiger partial charge on any atom is 0.354 e. The molecule has 0 aliphatic carbocycles. The van der Waals surface area contributed by atoms with E-state index in [0.717, 1.165) is 0 Å². The predicted molar refractivity (Wildman–Crippen MR) is 65.8 cm³/mol. The minimum Gasteiger partial charge on any atom is -0.477 e. The molecule has 0 bridgehead atoms. The number of carboxylic acid groups (broad SMARTS) is 1. The first-order valence-corrected chi connectivity index (χ1v) is 5.94. The lowest BCUT2D eigenvalue weighted by Crippen LogP contribution is -2.43. The lowest BCUT2D eigenvalue weighted by atomic mass is 9.94. The summed E-state index contributed by atoms with van der Waals surface area (Å²) >= 11 is 0. The van der Waals surface area contributed by atoms with Crippen LogP contribution in [0.1, 0.15) is 35.9 Å². The fourth-order valence-corrected chi connectivity index (χ4v) is 1.99. The van der Waals surface area contributed by atoms with E-state index in [9.17, 15) is 9.90 Å². The molecule has 6 heteroatoms. The quantitative estimate of drug-likeness (QED) is 0.809. The maximum atomic E-state index is 10.9. The van der Waals surface area contributed by atoms with Crippen molar-refractivity contribution in [2.24, 2.45) is 0 Å². The van der Waals surface area contributed by atoms with Crippen LogP contribution < -0.4 is 4.90 Å². The van der Waals surface area contributed by atoms with Crippen molar-refractivity contribution in [3.8, 4) is 0 Å². The van der Waals surface area contributed by atoms with Crippen molar-refractivity contribution in [2.75, 3.05) is 18.0 Å². The van der Waals surface area contributed by atoms with Gasteiger partial charge in [-0.15, -0.1) is 0 Å². The highest BCUT2D eigenvalue weighted by Gasteiger charge is 2.28. The van der Waals surface area contributed by atoms with Crippen LogP contribution in [0.2, 0.25) is 0 Å².